The second-order valence-corrected chi connectivity index (χ2v) is 4.50. The molecule has 1 atom stereocenters. The summed E-state index contributed by atoms with van der Waals surface area (Å²) in [5, 5.41) is 14.8. The molecule has 0 fully saturated rings. The van der Waals surface area contributed by atoms with E-state index in [2.05, 4.69) is 27.7 Å². The van der Waals surface area contributed by atoms with Crippen molar-refractivity contribution in [2.75, 3.05) is 5.33 Å². The molecular formula is C14H18BrNO2. The standard InChI is InChI=1S/C14H18BrNO2/c1-4-7-12(17)13-10(3)16-18-14(13)11(5-2)8-6-9-15/h4-6,8,12,17H,1,7,9H2,2-3H3/b8-6-,11-5+. The van der Waals surface area contributed by atoms with Crippen LogP contribution in [0.5, 0.6) is 0 Å². The Kier molecular flexibility index (Phi) is 6.09. The van der Waals surface area contributed by atoms with Crippen LogP contribution in [0.1, 0.15) is 36.5 Å². The van der Waals surface area contributed by atoms with Crippen molar-refractivity contribution in [3.63, 3.8) is 0 Å². The molecule has 0 aromatic carbocycles. The van der Waals surface area contributed by atoms with Crippen LogP contribution in [0.15, 0.2) is 35.4 Å². The normalized spacial score (nSPS) is 14.1. The summed E-state index contributed by atoms with van der Waals surface area (Å²) in [6.45, 7) is 7.39. The summed E-state index contributed by atoms with van der Waals surface area (Å²) < 4.78 is 5.33. The molecule has 0 bridgehead atoms. The Morgan fingerprint density at radius 2 is 2.33 bits per heavy atom. The second kappa shape index (κ2) is 7.34. The van der Waals surface area contributed by atoms with E-state index in [0.717, 1.165) is 16.5 Å². The van der Waals surface area contributed by atoms with Gasteiger partial charge in [0.25, 0.3) is 0 Å². The molecule has 0 aliphatic carbocycles. The Labute approximate surface area is 116 Å². The number of halogens is 1. The van der Waals surface area contributed by atoms with Gasteiger partial charge in [-0.2, -0.15) is 0 Å². The van der Waals surface area contributed by atoms with Crippen LogP contribution in [0.25, 0.3) is 5.57 Å². The van der Waals surface area contributed by atoms with E-state index in [-0.39, 0.29) is 0 Å². The van der Waals surface area contributed by atoms with E-state index < -0.39 is 6.10 Å². The fourth-order valence-corrected chi connectivity index (χ4v) is 1.91. The molecule has 0 radical (unpaired) electrons. The van der Waals surface area contributed by atoms with Crippen molar-refractivity contribution in [1.82, 2.24) is 5.16 Å². The Balaban J connectivity index is 3.16. The van der Waals surface area contributed by atoms with Crippen LogP contribution in [-0.4, -0.2) is 15.6 Å². The van der Waals surface area contributed by atoms with Crippen molar-refractivity contribution in [3.05, 3.63) is 47.9 Å². The van der Waals surface area contributed by atoms with Crippen LogP contribution in [0, 0.1) is 6.92 Å². The number of hydrogen-bond donors (Lipinski definition) is 1. The number of alkyl halides is 1. The van der Waals surface area contributed by atoms with Crippen LogP contribution in [0.3, 0.4) is 0 Å². The van der Waals surface area contributed by atoms with Gasteiger partial charge in [0.15, 0.2) is 5.76 Å². The fourth-order valence-electron chi connectivity index (χ4n) is 1.73. The van der Waals surface area contributed by atoms with Crippen molar-refractivity contribution in [1.29, 1.82) is 0 Å². The highest BCUT2D eigenvalue weighted by molar-refractivity contribution is 9.09. The maximum atomic E-state index is 10.1. The summed E-state index contributed by atoms with van der Waals surface area (Å²) in [6.07, 6.45) is 7.38. The summed E-state index contributed by atoms with van der Waals surface area (Å²) in [5.74, 6) is 0.626. The molecular weight excluding hydrogens is 294 g/mol. The summed E-state index contributed by atoms with van der Waals surface area (Å²) >= 11 is 3.33. The topological polar surface area (TPSA) is 46.3 Å². The summed E-state index contributed by atoms with van der Waals surface area (Å²) in [7, 11) is 0. The molecule has 98 valence electrons. The lowest BCUT2D eigenvalue weighted by molar-refractivity contribution is 0.179. The van der Waals surface area contributed by atoms with Gasteiger partial charge >= 0.3 is 0 Å². The van der Waals surface area contributed by atoms with Crippen LogP contribution in [0.4, 0.5) is 0 Å². The summed E-state index contributed by atoms with van der Waals surface area (Å²) in [6, 6.07) is 0. The molecule has 0 amide bonds. The van der Waals surface area contributed by atoms with Crippen molar-refractivity contribution in [3.8, 4) is 0 Å². The molecule has 3 nitrogen and oxygen atoms in total. The molecule has 4 heteroatoms. The lowest BCUT2D eigenvalue weighted by Gasteiger charge is -2.08. The Morgan fingerprint density at radius 3 is 2.89 bits per heavy atom. The van der Waals surface area contributed by atoms with E-state index in [9.17, 15) is 5.11 Å². The first-order valence-corrected chi connectivity index (χ1v) is 6.92. The predicted octanol–water partition coefficient (Wildman–Crippen LogP) is 3.95. The van der Waals surface area contributed by atoms with Crippen LogP contribution >= 0.6 is 15.9 Å². The largest absolute Gasteiger partial charge is 0.388 e. The lowest BCUT2D eigenvalue weighted by atomic mass is 10.00. The minimum Gasteiger partial charge on any atom is -0.388 e. The zero-order valence-electron chi connectivity index (χ0n) is 10.7. The molecule has 1 heterocycles. The average Bonchev–Trinajstić information content (AvgIpc) is 2.73. The first-order chi connectivity index (χ1) is 8.65. The van der Waals surface area contributed by atoms with Gasteiger partial charge in [0.05, 0.1) is 17.4 Å². The van der Waals surface area contributed by atoms with E-state index in [1.165, 1.54) is 0 Å². The van der Waals surface area contributed by atoms with Crippen molar-refractivity contribution in [2.24, 2.45) is 0 Å². The van der Waals surface area contributed by atoms with Gasteiger partial charge in [-0.25, -0.2) is 0 Å². The van der Waals surface area contributed by atoms with E-state index in [1.54, 1.807) is 6.08 Å². The summed E-state index contributed by atoms with van der Waals surface area (Å²) in [5.41, 5.74) is 2.36. The first-order valence-electron chi connectivity index (χ1n) is 5.80. The lowest BCUT2D eigenvalue weighted by Crippen LogP contribution is -2.00. The molecule has 0 saturated heterocycles. The van der Waals surface area contributed by atoms with Crippen molar-refractivity contribution in [2.45, 2.75) is 26.4 Å². The third-order valence-electron chi connectivity index (χ3n) is 2.59. The third kappa shape index (κ3) is 3.43. The van der Waals surface area contributed by atoms with Crippen LogP contribution < -0.4 is 0 Å². The van der Waals surface area contributed by atoms with Crippen LogP contribution in [-0.2, 0) is 0 Å². The Morgan fingerprint density at radius 1 is 1.61 bits per heavy atom. The Bertz CT molecular complexity index is 460. The number of nitrogens with zero attached hydrogens (tertiary/aromatic N) is 1. The zero-order valence-corrected chi connectivity index (χ0v) is 12.3. The van der Waals surface area contributed by atoms with Crippen molar-refractivity contribution >= 4 is 21.5 Å². The number of allylic oxidation sites excluding steroid dienone is 4. The number of aliphatic hydroxyl groups excluding tert-OH is 1. The van der Waals surface area contributed by atoms with E-state index >= 15 is 0 Å². The van der Waals surface area contributed by atoms with Gasteiger partial charge in [-0.15, -0.1) is 6.58 Å². The SMILES string of the molecule is C=CCC(O)c1c(C)noc1C(/C=C\CBr)=C/C. The molecule has 1 aromatic rings. The Hall–Kier alpha value is -1.13. The van der Waals surface area contributed by atoms with Crippen molar-refractivity contribution < 1.29 is 9.63 Å². The monoisotopic (exact) mass is 311 g/mol. The van der Waals surface area contributed by atoms with Gasteiger partial charge in [0.2, 0.25) is 0 Å². The molecule has 1 rings (SSSR count). The second-order valence-electron chi connectivity index (χ2n) is 3.85. The number of rotatable bonds is 6. The predicted molar refractivity (Wildman–Crippen MR) is 77.6 cm³/mol. The maximum absolute atomic E-state index is 10.1. The van der Waals surface area contributed by atoms with E-state index in [0.29, 0.717) is 17.9 Å². The van der Waals surface area contributed by atoms with Gasteiger partial charge in [-0.3, -0.25) is 0 Å². The quantitative estimate of drug-likeness (QED) is 0.491. The number of aromatic nitrogens is 1. The molecule has 1 unspecified atom stereocenters. The fraction of sp³-hybridized carbons (Fsp3) is 0.357. The summed E-state index contributed by atoms with van der Waals surface area (Å²) in [4.78, 5) is 0. The molecule has 0 aliphatic rings. The number of aryl methyl sites for hydroxylation is 1. The van der Waals surface area contributed by atoms with Gasteiger partial charge in [-0.1, -0.05) is 45.4 Å². The zero-order chi connectivity index (χ0) is 13.5. The number of aliphatic hydroxyl groups is 1. The minimum atomic E-state index is -0.629. The van der Waals surface area contributed by atoms with E-state index in [1.807, 2.05) is 32.1 Å². The third-order valence-corrected chi connectivity index (χ3v) is 2.96. The molecule has 1 N–H and O–H groups in total. The van der Waals surface area contributed by atoms with Gasteiger partial charge in [0.1, 0.15) is 0 Å². The highest BCUT2D eigenvalue weighted by Gasteiger charge is 2.21. The number of hydrogen-bond acceptors (Lipinski definition) is 3. The highest BCUT2D eigenvalue weighted by atomic mass is 79.9. The first kappa shape index (κ1) is 14.9. The van der Waals surface area contributed by atoms with Gasteiger partial charge in [0, 0.05) is 10.9 Å². The molecule has 0 spiro atoms. The average molecular weight is 312 g/mol. The van der Waals surface area contributed by atoms with Gasteiger partial charge in [-0.05, 0) is 20.3 Å². The van der Waals surface area contributed by atoms with E-state index in [4.69, 9.17) is 4.52 Å². The molecule has 0 aliphatic heterocycles. The molecule has 1 aromatic heterocycles. The minimum absolute atomic E-state index is 0.480. The molecule has 0 saturated carbocycles. The maximum Gasteiger partial charge on any atom is 0.172 e. The molecule has 18 heavy (non-hydrogen) atoms. The van der Waals surface area contributed by atoms with Crippen LogP contribution in [0.2, 0.25) is 0 Å². The van der Waals surface area contributed by atoms with Gasteiger partial charge < -0.3 is 9.63 Å². The smallest absolute Gasteiger partial charge is 0.172 e. The highest BCUT2D eigenvalue weighted by Crippen LogP contribution is 2.30.